The van der Waals surface area contributed by atoms with Crippen LogP contribution in [0.5, 0.6) is 17.5 Å². The van der Waals surface area contributed by atoms with E-state index in [4.69, 9.17) is 21.6 Å². The van der Waals surface area contributed by atoms with Crippen molar-refractivity contribution in [2.45, 2.75) is 69.6 Å². The second-order valence-corrected chi connectivity index (χ2v) is 18.7. The van der Waals surface area contributed by atoms with E-state index in [0.29, 0.717) is 70.4 Å². The molecule has 62 heavy (non-hydrogen) atoms. The molecule has 10 rings (SSSR count). The number of imide groups is 1. The van der Waals surface area contributed by atoms with Crippen molar-refractivity contribution >= 4 is 51.6 Å². The van der Waals surface area contributed by atoms with Crippen LogP contribution in [0.4, 0.5) is 15.9 Å². The summed E-state index contributed by atoms with van der Waals surface area (Å²) in [4.78, 5) is 44.2. The van der Waals surface area contributed by atoms with Gasteiger partial charge >= 0.3 is 0 Å². The van der Waals surface area contributed by atoms with E-state index in [1.807, 2.05) is 11.0 Å². The Balaban J connectivity index is 0.672. The van der Waals surface area contributed by atoms with E-state index >= 15 is 4.39 Å². The number of halogens is 2. The lowest BCUT2D eigenvalue weighted by atomic mass is 9.93. The van der Waals surface area contributed by atoms with Gasteiger partial charge in [0.05, 0.1) is 27.8 Å². The molecule has 2 aromatic carbocycles. The Kier molecular flexibility index (Phi) is 10.6. The first-order chi connectivity index (χ1) is 30.0. The molecule has 4 N–H and O–H groups in total. The SMILES string of the molecule is N#Cc1ccc(O[C@H]2CC[C@H](NC(=O)c3ccc(N4C[C@H]5C[C@@H](CN6CC7CN(c8cc9c(O)n(C%10CCC(=O)NC%10=O)c(O)c9cc8F)CC7C6)C[C@H]5C4)nn3)CC2)cc1Cl. The Labute approximate surface area is 362 Å². The zero-order valence-corrected chi connectivity index (χ0v) is 34.9. The van der Waals surface area contributed by atoms with E-state index in [-0.39, 0.29) is 47.5 Å². The highest BCUT2D eigenvalue weighted by molar-refractivity contribution is 6.31. The number of carbonyl (C=O) groups is 3. The molecule has 15 nitrogen and oxygen atoms in total. The number of hydrogen-bond acceptors (Lipinski definition) is 12. The number of ether oxygens (including phenoxy) is 1. The number of nitriles is 1. The van der Waals surface area contributed by atoms with Crippen LogP contribution in [-0.2, 0) is 9.59 Å². The first kappa shape index (κ1) is 40.4. The number of fused-ring (bicyclic) bond motifs is 3. The molecule has 3 amide bonds. The van der Waals surface area contributed by atoms with Crippen molar-refractivity contribution in [2.75, 3.05) is 55.6 Å². The summed E-state index contributed by atoms with van der Waals surface area (Å²) in [6, 6.07) is 12.7. The molecule has 6 aliphatic rings. The highest BCUT2D eigenvalue weighted by Crippen LogP contribution is 2.46. The second-order valence-electron chi connectivity index (χ2n) is 18.3. The molecule has 6 fully saturated rings. The molecule has 0 radical (unpaired) electrons. The minimum Gasteiger partial charge on any atom is -0.494 e. The van der Waals surface area contributed by atoms with Crippen LogP contribution in [0.1, 0.15) is 73.5 Å². The van der Waals surface area contributed by atoms with Crippen molar-refractivity contribution in [3.63, 3.8) is 0 Å². The molecule has 2 aromatic heterocycles. The summed E-state index contributed by atoms with van der Waals surface area (Å²) in [5.41, 5.74) is 1.10. The van der Waals surface area contributed by atoms with Crippen LogP contribution in [0.3, 0.4) is 0 Å². The molecule has 0 spiro atoms. The zero-order valence-electron chi connectivity index (χ0n) is 34.2. The van der Waals surface area contributed by atoms with Gasteiger partial charge < -0.3 is 35.0 Å². The number of amides is 3. The second kappa shape index (κ2) is 16.2. The predicted molar refractivity (Wildman–Crippen MR) is 227 cm³/mol. The Bertz CT molecular complexity index is 2440. The molecular formula is C45H49ClFN9O6. The third-order valence-corrected chi connectivity index (χ3v) is 14.7. The number of carbonyl (C=O) groups excluding carboxylic acids is 3. The summed E-state index contributed by atoms with van der Waals surface area (Å²) < 4.78 is 22.8. The van der Waals surface area contributed by atoms with Crippen LogP contribution in [0.25, 0.3) is 10.8 Å². The van der Waals surface area contributed by atoms with Crippen LogP contribution in [-0.4, -0.2) is 106 Å². The minimum absolute atomic E-state index is 0.0180. The molecular weight excluding hydrogens is 817 g/mol. The van der Waals surface area contributed by atoms with Gasteiger partial charge in [-0.2, -0.15) is 5.26 Å². The van der Waals surface area contributed by atoms with E-state index in [9.17, 15) is 24.6 Å². The van der Waals surface area contributed by atoms with Gasteiger partial charge in [0, 0.05) is 69.7 Å². The van der Waals surface area contributed by atoms with Crippen LogP contribution >= 0.6 is 11.6 Å². The Morgan fingerprint density at radius 3 is 2.23 bits per heavy atom. The van der Waals surface area contributed by atoms with E-state index < -0.39 is 29.6 Å². The van der Waals surface area contributed by atoms with Gasteiger partial charge in [0.1, 0.15) is 23.7 Å². The average molecular weight is 866 g/mol. The van der Waals surface area contributed by atoms with Crippen LogP contribution in [0.15, 0.2) is 42.5 Å². The third-order valence-electron chi connectivity index (χ3n) is 14.4. The van der Waals surface area contributed by atoms with Crippen molar-refractivity contribution < 1.29 is 33.7 Å². The lowest BCUT2D eigenvalue weighted by Gasteiger charge is -2.29. The molecule has 4 aliphatic heterocycles. The van der Waals surface area contributed by atoms with Gasteiger partial charge in [-0.3, -0.25) is 24.3 Å². The van der Waals surface area contributed by atoms with E-state index in [1.54, 1.807) is 30.3 Å². The predicted octanol–water partition coefficient (Wildman–Crippen LogP) is 5.13. The van der Waals surface area contributed by atoms with Gasteiger partial charge in [0.25, 0.3) is 5.91 Å². The number of likely N-dealkylation sites (tertiary alicyclic amines) is 1. The fourth-order valence-electron chi connectivity index (χ4n) is 11.4. The van der Waals surface area contributed by atoms with Crippen LogP contribution < -0.4 is 25.2 Å². The number of aromatic hydroxyl groups is 2. The average Bonchev–Trinajstić information content (AvgIpc) is 4.06. The molecule has 324 valence electrons. The zero-order chi connectivity index (χ0) is 42.8. The van der Waals surface area contributed by atoms with Gasteiger partial charge in [-0.25, -0.2) is 4.39 Å². The number of nitrogens with one attached hydrogen (secondary N) is 2. The van der Waals surface area contributed by atoms with Crippen molar-refractivity contribution in [1.82, 2.24) is 30.3 Å². The summed E-state index contributed by atoms with van der Waals surface area (Å²) >= 11 is 6.16. The van der Waals surface area contributed by atoms with E-state index in [1.165, 1.54) is 18.9 Å². The smallest absolute Gasteiger partial charge is 0.272 e. The maximum Gasteiger partial charge on any atom is 0.272 e. The molecule has 2 aliphatic carbocycles. The Morgan fingerprint density at radius 2 is 1.58 bits per heavy atom. The van der Waals surface area contributed by atoms with Crippen LogP contribution in [0.2, 0.25) is 5.02 Å². The summed E-state index contributed by atoms with van der Waals surface area (Å²) in [6.45, 7) is 6.25. The highest BCUT2D eigenvalue weighted by atomic mass is 35.5. The van der Waals surface area contributed by atoms with Crippen molar-refractivity contribution in [3.05, 3.63) is 64.6 Å². The molecule has 3 unspecified atom stereocenters. The van der Waals surface area contributed by atoms with Gasteiger partial charge in [0.15, 0.2) is 11.5 Å². The normalized spacial score (nSPS) is 28.5. The first-order valence-corrected chi connectivity index (χ1v) is 22.2. The number of rotatable bonds is 9. The molecule has 4 aromatic rings. The molecule has 6 atom stereocenters. The number of benzene rings is 2. The summed E-state index contributed by atoms with van der Waals surface area (Å²) in [5, 5.41) is 46.1. The van der Waals surface area contributed by atoms with Gasteiger partial charge in [-0.1, -0.05) is 11.6 Å². The molecule has 17 heteroatoms. The fourth-order valence-corrected chi connectivity index (χ4v) is 11.6. The minimum atomic E-state index is -0.967. The fraction of sp³-hybridized carbons (Fsp3) is 0.511. The van der Waals surface area contributed by atoms with Crippen LogP contribution in [0, 0.1) is 46.7 Å². The topological polar surface area (TPSA) is 189 Å². The van der Waals surface area contributed by atoms with Gasteiger partial charge in [-0.15, -0.1) is 10.2 Å². The molecule has 0 bridgehead atoms. The maximum atomic E-state index is 15.6. The number of aromatic nitrogens is 3. The molecule has 4 saturated heterocycles. The largest absolute Gasteiger partial charge is 0.494 e. The number of piperidine rings is 1. The summed E-state index contributed by atoms with van der Waals surface area (Å²) in [7, 11) is 0. The maximum absolute atomic E-state index is 15.6. The highest BCUT2D eigenvalue weighted by Gasteiger charge is 2.45. The molecule has 2 saturated carbocycles. The lowest BCUT2D eigenvalue weighted by Crippen LogP contribution is -2.41. The van der Waals surface area contributed by atoms with Gasteiger partial charge in [0.2, 0.25) is 23.6 Å². The number of nitrogens with zero attached hydrogens (tertiary/aromatic N) is 7. The summed E-state index contributed by atoms with van der Waals surface area (Å²) in [6.07, 6.45) is 5.71. The Hall–Kier alpha value is -5.66. The van der Waals surface area contributed by atoms with Crippen molar-refractivity contribution in [1.29, 1.82) is 5.26 Å². The number of anilines is 2. The monoisotopic (exact) mass is 865 g/mol. The van der Waals surface area contributed by atoms with E-state index in [0.717, 1.165) is 68.8 Å². The first-order valence-electron chi connectivity index (χ1n) is 21.8. The quantitative estimate of drug-likeness (QED) is 0.163. The third kappa shape index (κ3) is 7.63. The van der Waals surface area contributed by atoms with Crippen molar-refractivity contribution in [2.24, 2.45) is 29.6 Å². The lowest BCUT2D eigenvalue weighted by molar-refractivity contribution is -0.135. The number of hydrogen-bond donors (Lipinski definition) is 4. The van der Waals surface area contributed by atoms with Gasteiger partial charge in [-0.05, 0) is 111 Å². The Morgan fingerprint density at radius 1 is 0.887 bits per heavy atom. The molecule has 6 heterocycles. The van der Waals surface area contributed by atoms with E-state index in [2.05, 4.69) is 36.7 Å². The summed E-state index contributed by atoms with van der Waals surface area (Å²) in [5.74, 6) is 1.61. The standard InChI is InChI=1S/C45H49ClFN9O6/c46-35-13-32(4-1-25(35)16-48)62-31-5-2-30(3-6-31)49-42(58)37-7-9-40(52-51-37)55-20-26-11-24(12-27(26)21-55)17-53-18-28-22-54(23-29(28)19-53)39-15-34-33(14-36(39)47)44(60)56(45(34)61)38-8-10-41(57)50-43(38)59/h1,4,7,9,13-15,24,26-31,38,60-61H,2-3,5-6,8,10-12,17-23H2,(H,49,58)(H,50,57,59)/t24-,26-,27+,28?,29?,30-,31-,38?. The van der Waals surface area contributed by atoms with Crippen molar-refractivity contribution in [3.8, 4) is 23.6 Å².